The summed E-state index contributed by atoms with van der Waals surface area (Å²) in [5.74, 6) is -2.06. The van der Waals surface area contributed by atoms with E-state index in [1.165, 1.54) is 24.3 Å². The summed E-state index contributed by atoms with van der Waals surface area (Å²) in [6.45, 7) is 2.97. The minimum atomic E-state index is -0.975. The van der Waals surface area contributed by atoms with Gasteiger partial charge >= 0.3 is 12.1 Å². The van der Waals surface area contributed by atoms with Crippen LogP contribution in [0.4, 0.5) is 14.9 Å². The molecule has 0 fully saturated rings. The number of esters is 1. The van der Waals surface area contributed by atoms with Crippen molar-refractivity contribution in [2.75, 3.05) is 11.9 Å². The lowest BCUT2D eigenvalue weighted by Gasteiger charge is -2.20. The van der Waals surface area contributed by atoms with Crippen LogP contribution in [0.2, 0.25) is 0 Å². The fraction of sp³-hybridized carbons (Fsp3) is 0.286. The Kier molecular flexibility index (Phi) is 8.14. The summed E-state index contributed by atoms with van der Waals surface area (Å²) >= 11 is 0. The Balaban J connectivity index is 1.80. The van der Waals surface area contributed by atoms with Gasteiger partial charge in [-0.3, -0.25) is 4.79 Å². The first-order valence-corrected chi connectivity index (χ1v) is 9.04. The molecule has 0 bridgehead atoms. The van der Waals surface area contributed by atoms with E-state index in [4.69, 9.17) is 9.47 Å². The van der Waals surface area contributed by atoms with Gasteiger partial charge in [0.05, 0.1) is 0 Å². The number of rotatable bonds is 8. The molecule has 0 aliphatic rings. The van der Waals surface area contributed by atoms with Gasteiger partial charge in [0.2, 0.25) is 0 Å². The number of carbonyl (C=O) groups is 3. The molecule has 1 atom stereocenters. The topological polar surface area (TPSA) is 93.7 Å². The van der Waals surface area contributed by atoms with Crippen LogP contribution < -0.4 is 10.6 Å². The SMILES string of the molecule is CC(C)[C@H](NC(=O)OCc1ccccc1)C(=O)OCC(=O)Nc1ccc(F)cc1. The van der Waals surface area contributed by atoms with Crippen LogP contribution in [0.5, 0.6) is 0 Å². The van der Waals surface area contributed by atoms with Crippen LogP contribution in [0.1, 0.15) is 19.4 Å². The van der Waals surface area contributed by atoms with Crippen molar-refractivity contribution < 1.29 is 28.2 Å². The second-order valence-electron chi connectivity index (χ2n) is 6.59. The molecular formula is C21H23FN2O5. The van der Waals surface area contributed by atoms with E-state index in [0.717, 1.165) is 5.56 Å². The number of hydrogen-bond acceptors (Lipinski definition) is 5. The number of alkyl carbamates (subject to hydrolysis) is 1. The van der Waals surface area contributed by atoms with Crippen molar-refractivity contribution in [3.05, 3.63) is 66.0 Å². The zero-order valence-corrected chi connectivity index (χ0v) is 16.2. The Hall–Kier alpha value is -3.42. The van der Waals surface area contributed by atoms with Crippen LogP contribution >= 0.6 is 0 Å². The molecule has 0 unspecified atom stereocenters. The molecule has 2 N–H and O–H groups in total. The summed E-state index contributed by atoms with van der Waals surface area (Å²) in [6, 6.07) is 13.3. The highest BCUT2D eigenvalue weighted by Gasteiger charge is 2.27. The third-order valence-corrected chi connectivity index (χ3v) is 3.88. The number of halogens is 1. The molecular weight excluding hydrogens is 379 g/mol. The normalized spacial score (nSPS) is 11.4. The van der Waals surface area contributed by atoms with E-state index >= 15 is 0 Å². The van der Waals surface area contributed by atoms with Crippen molar-refractivity contribution in [1.29, 1.82) is 0 Å². The molecule has 8 heteroatoms. The number of nitrogens with one attached hydrogen (secondary N) is 2. The van der Waals surface area contributed by atoms with Crippen molar-refractivity contribution in [2.24, 2.45) is 5.92 Å². The van der Waals surface area contributed by atoms with Crippen LogP contribution in [0.25, 0.3) is 0 Å². The molecule has 2 amide bonds. The number of hydrogen-bond donors (Lipinski definition) is 2. The van der Waals surface area contributed by atoms with Crippen molar-refractivity contribution in [3.63, 3.8) is 0 Å². The Morgan fingerprint density at radius 1 is 0.966 bits per heavy atom. The Morgan fingerprint density at radius 2 is 1.62 bits per heavy atom. The van der Waals surface area contributed by atoms with E-state index in [1.807, 2.05) is 18.2 Å². The van der Waals surface area contributed by atoms with Gasteiger partial charge in [0.15, 0.2) is 6.61 Å². The summed E-state index contributed by atoms with van der Waals surface area (Å²) in [6.07, 6.45) is -0.764. The second kappa shape index (κ2) is 10.8. The Morgan fingerprint density at radius 3 is 2.24 bits per heavy atom. The van der Waals surface area contributed by atoms with E-state index in [9.17, 15) is 18.8 Å². The summed E-state index contributed by atoms with van der Waals surface area (Å²) in [5, 5.41) is 4.93. The Bertz CT molecular complexity index is 825. The maximum atomic E-state index is 12.9. The highest BCUT2D eigenvalue weighted by Crippen LogP contribution is 2.09. The number of ether oxygens (including phenoxy) is 2. The predicted molar refractivity (Wildman–Crippen MR) is 104 cm³/mol. The van der Waals surface area contributed by atoms with E-state index in [1.54, 1.807) is 26.0 Å². The molecule has 2 aromatic rings. The van der Waals surface area contributed by atoms with Crippen LogP contribution in [0, 0.1) is 11.7 Å². The smallest absolute Gasteiger partial charge is 0.408 e. The molecule has 2 rings (SSSR count). The average Bonchev–Trinajstić information content (AvgIpc) is 2.71. The minimum absolute atomic E-state index is 0.0621. The molecule has 0 heterocycles. The first-order valence-electron chi connectivity index (χ1n) is 9.04. The Labute approximate surface area is 168 Å². The van der Waals surface area contributed by atoms with Gasteiger partial charge in [0.1, 0.15) is 18.5 Å². The predicted octanol–water partition coefficient (Wildman–Crippen LogP) is 3.26. The van der Waals surface area contributed by atoms with Gasteiger partial charge in [-0.25, -0.2) is 14.0 Å². The molecule has 29 heavy (non-hydrogen) atoms. The molecule has 0 spiro atoms. The molecule has 0 aliphatic carbocycles. The summed E-state index contributed by atoms with van der Waals surface area (Å²) in [7, 11) is 0. The van der Waals surface area contributed by atoms with E-state index in [-0.39, 0.29) is 12.5 Å². The third kappa shape index (κ3) is 7.61. The molecule has 0 saturated carbocycles. The summed E-state index contributed by atoms with van der Waals surface area (Å²) < 4.78 is 23.0. The van der Waals surface area contributed by atoms with Crippen molar-refractivity contribution >= 4 is 23.7 Å². The van der Waals surface area contributed by atoms with Gasteiger partial charge in [0.25, 0.3) is 5.91 Å². The van der Waals surface area contributed by atoms with Crippen molar-refractivity contribution in [2.45, 2.75) is 26.5 Å². The summed E-state index contributed by atoms with van der Waals surface area (Å²) in [5.41, 5.74) is 1.18. The van der Waals surface area contributed by atoms with Crippen LogP contribution in [-0.2, 0) is 25.7 Å². The van der Waals surface area contributed by atoms with Crippen LogP contribution in [0.15, 0.2) is 54.6 Å². The number of benzene rings is 2. The molecule has 2 aromatic carbocycles. The van der Waals surface area contributed by atoms with E-state index < -0.39 is 36.4 Å². The van der Waals surface area contributed by atoms with E-state index in [2.05, 4.69) is 10.6 Å². The monoisotopic (exact) mass is 402 g/mol. The highest BCUT2D eigenvalue weighted by molar-refractivity contribution is 5.93. The van der Waals surface area contributed by atoms with Crippen LogP contribution in [-0.4, -0.2) is 30.6 Å². The van der Waals surface area contributed by atoms with Gasteiger partial charge in [-0.15, -0.1) is 0 Å². The fourth-order valence-electron chi connectivity index (χ4n) is 2.35. The molecule has 0 saturated heterocycles. The second-order valence-corrected chi connectivity index (χ2v) is 6.59. The molecule has 0 aliphatic heterocycles. The number of carbonyl (C=O) groups excluding carboxylic acids is 3. The quantitative estimate of drug-likeness (QED) is 0.661. The molecule has 0 radical (unpaired) electrons. The maximum absolute atomic E-state index is 12.9. The van der Waals surface area contributed by atoms with Gasteiger partial charge in [-0.2, -0.15) is 0 Å². The zero-order chi connectivity index (χ0) is 21.2. The summed E-state index contributed by atoms with van der Waals surface area (Å²) in [4.78, 5) is 36.1. The number of amides is 2. The first kappa shape index (κ1) is 21.9. The molecule has 0 aromatic heterocycles. The zero-order valence-electron chi connectivity index (χ0n) is 16.2. The first-order chi connectivity index (χ1) is 13.8. The van der Waals surface area contributed by atoms with Crippen LogP contribution in [0.3, 0.4) is 0 Å². The van der Waals surface area contributed by atoms with Crippen molar-refractivity contribution in [1.82, 2.24) is 5.32 Å². The molecule has 7 nitrogen and oxygen atoms in total. The number of anilines is 1. The minimum Gasteiger partial charge on any atom is -0.454 e. The molecule has 154 valence electrons. The van der Waals surface area contributed by atoms with Gasteiger partial charge < -0.3 is 20.1 Å². The van der Waals surface area contributed by atoms with Crippen molar-refractivity contribution in [3.8, 4) is 0 Å². The third-order valence-electron chi connectivity index (χ3n) is 3.88. The van der Waals surface area contributed by atoms with E-state index in [0.29, 0.717) is 5.69 Å². The highest BCUT2D eigenvalue weighted by atomic mass is 19.1. The standard InChI is InChI=1S/C21H23FN2O5/c1-14(2)19(24-21(27)29-12-15-6-4-3-5-7-15)20(26)28-13-18(25)23-17-10-8-16(22)9-11-17/h3-11,14,19H,12-13H2,1-2H3,(H,23,25)(H,24,27)/t19-/m0/s1. The lowest BCUT2D eigenvalue weighted by molar-refractivity contribution is -0.150. The van der Waals surface area contributed by atoms with Gasteiger partial charge in [0, 0.05) is 5.69 Å². The lowest BCUT2D eigenvalue weighted by atomic mass is 10.1. The average molecular weight is 402 g/mol. The largest absolute Gasteiger partial charge is 0.454 e. The van der Waals surface area contributed by atoms with Gasteiger partial charge in [-0.1, -0.05) is 44.2 Å². The maximum Gasteiger partial charge on any atom is 0.408 e. The fourth-order valence-corrected chi connectivity index (χ4v) is 2.35. The van der Waals surface area contributed by atoms with Gasteiger partial charge in [-0.05, 0) is 35.7 Å². The lowest BCUT2D eigenvalue weighted by Crippen LogP contribution is -2.46.